The van der Waals surface area contributed by atoms with Crippen molar-refractivity contribution in [1.29, 1.82) is 0 Å². The molecular formula is C16H17N5O4. The van der Waals surface area contributed by atoms with Crippen molar-refractivity contribution in [2.24, 2.45) is 0 Å². The first kappa shape index (κ1) is 16.6. The Labute approximate surface area is 143 Å². The monoisotopic (exact) mass is 343 g/mol. The Bertz CT molecular complexity index is 807. The summed E-state index contributed by atoms with van der Waals surface area (Å²) in [5.74, 6) is 0.0923. The van der Waals surface area contributed by atoms with Gasteiger partial charge in [-0.3, -0.25) is 14.9 Å². The first-order chi connectivity index (χ1) is 12.0. The number of nitrogens with one attached hydrogen (secondary N) is 2. The van der Waals surface area contributed by atoms with Crippen molar-refractivity contribution in [3.8, 4) is 0 Å². The van der Waals surface area contributed by atoms with Crippen molar-refractivity contribution >= 4 is 23.4 Å². The molecule has 0 radical (unpaired) electrons. The van der Waals surface area contributed by atoms with Gasteiger partial charge in [0.05, 0.1) is 10.6 Å². The summed E-state index contributed by atoms with van der Waals surface area (Å²) < 4.78 is 0. The van der Waals surface area contributed by atoms with Gasteiger partial charge in [0.15, 0.2) is 0 Å². The van der Waals surface area contributed by atoms with Crippen LogP contribution < -0.4 is 10.6 Å². The number of aliphatic carboxylic acids is 1. The number of para-hydroxylation sites is 1. The van der Waals surface area contributed by atoms with E-state index in [1.807, 2.05) is 0 Å². The van der Waals surface area contributed by atoms with E-state index in [9.17, 15) is 14.9 Å². The van der Waals surface area contributed by atoms with E-state index in [1.165, 1.54) is 6.07 Å². The average Bonchev–Trinajstić information content (AvgIpc) is 3.43. The number of benzene rings is 1. The van der Waals surface area contributed by atoms with Gasteiger partial charge in [0, 0.05) is 30.2 Å². The van der Waals surface area contributed by atoms with Crippen LogP contribution in [0.15, 0.2) is 30.3 Å². The van der Waals surface area contributed by atoms with Crippen LogP contribution in [0.4, 0.5) is 17.5 Å². The molecule has 1 aliphatic carbocycles. The van der Waals surface area contributed by atoms with E-state index in [0.717, 1.165) is 18.5 Å². The predicted octanol–water partition coefficient (Wildman–Crippen LogP) is 2.37. The van der Waals surface area contributed by atoms with Crippen LogP contribution in [0.3, 0.4) is 0 Å². The fourth-order valence-corrected chi connectivity index (χ4v) is 2.40. The quantitative estimate of drug-likeness (QED) is 0.492. The molecule has 130 valence electrons. The normalized spacial score (nSPS) is 13.3. The maximum atomic E-state index is 11.1. The van der Waals surface area contributed by atoms with Crippen molar-refractivity contribution in [3.63, 3.8) is 0 Å². The zero-order valence-corrected chi connectivity index (χ0v) is 13.3. The van der Waals surface area contributed by atoms with Gasteiger partial charge in [0.2, 0.25) is 5.95 Å². The molecule has 3 rings (SSSR count). The highest BCUT2D eigenvalue weighted by Crippen LogP contribution is 2.39. The molecule has 1 fully saturated rings. The number of hydrogen-bond acceptors (Lipinski definition) is 7. The number of carboxylic acid groups (broad SMARTS) is 1. The maximum Gasteiger partial charge on any atom is 0.322 e. The van der Waals surface area contributed by atoms with E-state index in [0.29, 0.717) is 17.3 Å². The standard InChI is InChI=1S/C16H17N5O4/c22-15(23)9-18-16-19-12(10-5-6-10)7-14(20-16)17-8-11-3-1-2-4-13(11)21(24)25/h1-4,7,10H,5-6,8-9H2,(H,22,23)(H2,17,18,19,20). The first-order valence-electron chi connectivity index (χ1n) is 7.83. The Morgan fingerprint density at radius 2 is 2.04 bits per heavy atom. The van der Waals surface area contributed by atoms with Crippen LogP contribution in [0.5, 0.6) is 0 Å². The van der Waals surface area contributed by atoms with Crippen molar-refractivity contribution in [2.45, 2.75) is 25.3 Å². The minimum atomic E-state index is -1.00. The lowest BCUT2D eigenvalue weighted by Gasteiger charge is -2.10. The summed E-state index contributed by atoms with van der Waals surface area (Å²) in [6.45, 7) is -0.0473. The van der Waals surface area contributed by atoms with E-state index < -0.39 is 10.9 Å². The van der Waals surface area contributed by atoms with Crippen LogP contribution in [0.2, 0.25) is 0 Å². The third kappa shape index (κ3) is 4.40. The molecule has 2 aromatic rings. The van der Waals surface area contributed by atoms with Gasteiger partial charge < -0.3 is 15.7 Å². The number of nitro groups is 1. The van der Waals surface area contributed by atoms with E-state index in [-0.39, 0.29) is 24.7 Å². The Kier molecular flexibility index (Phi) is 4.73. The second kappa shape index (κ2) is 7.12. The molecule has 9 nitrogen and oxygen atoms in total. The van der Waals surface area contributed by atoms with Gasteiger partial charge >= 0.3 is 5.97 Å². The molecule has 0 spiro atoms. The highest BCUT2D eigenvalue weighted by Gasteiger charge is 2.26. The molecule has 0 saturated heterocycles. The van der Waals surface area contributed by atoms with Crippen LogP contribution >= 0.6 is 0 Å². The maximum absolute atomic E-state index is 11.1. The number of carboxylic acids is 1. The molecule has 25 heavy (non-hydrogen) atoms. The first-order valence-corrected chi connectivity index (χ1v) is 7.83. The molecule has 9 heteroatoms. The minimum absolute atomic E-state index is 0.0377. The number of nitro benzene ring substituents is 1. The number of rotatable bonds is 8. The third-order valence-corrected chi connectivity index (χ3v) is 3.79. The largest absolute Gasteiger partial charge is 0.480 e. The van der Waals surface area contributed by atoms with Gasteiger partial charge in [-0.2, -0.15) is 4.98 Å². The molecule has 1 aromatic heterocycles. The predicted molar refractivity (Wildman–Crippen MR) is 90.6 cm³/mol. The lowest BCUT2D eigenvalue weighted by molar-refractivity contribution is -0.385. The van der Waals surface area contributed by atoms with E-state index in [1.54, 1.807) is 24.3 Å². The Morgan fingerprint density at radius 3 is 2.72 bits per heavy atom. The van der Waals surface area contributed by atoms with E-state index >= 15 is 0 Å². The second-order valence-corrected chi connectivity index (χ2v) is 5.76. The molecule has 1 aliphatic rings. The highest BCUT2D eigenvalue weighted by atomic mass is 16.6. The Hall–Kier alpha value is -3.23. The van der Waals surface area contributed by atoms with Gasteiger partial charge in [-0.15, -0.1) is 0 Å². The smallest absolute Gasteiger partial charge is 0.322 e. The second-order valence-electron chi connectivity index (χ2n) is 5.76. The lowest BCUT2D eigenvalue weighted by atomic mass is 10.2. The zero-order chi connectivity index (χ0) is 17.8. The number of aromatic nitrogens is 2. The van der Waals surface area contributed by atoms with Crippen LogP contribution in [-0.4, -0.2) is 32.5 Å². The fourth-order valence-electron chi connectivity index (χ4n) is 2.40. The third-order valence-electron chi connectivity index (χ3n) is 3.79. The molecule has 0 atom stereocenters. The summed E-state index contributed by atoms with van der Waals surface area (Å²) in [5.41, 5.74) is 1.42. The molecule has 1 heterocycles. The van der Waals surface area contributed by atoms with Crippen LogP contribution in [-0.2, 0) is 11.3 Å². The van der Waals surface area contributed by atoms with Crippen molar-refractivity contribution < 1.29 is 14.8 Å². The molecule has 0 bridgehead atoms. The summed E-state index contributed by atoms with van der Waals surface area (Å²) >= 11 is 0. The van der Waals surface area contributed by atoms with Crippen molar-refractivity contribution in [3.05, 3.63) is 51.7 Å². The summed E-state index contributed by atoms with van der Waals surface area (Å²) in [6.07, 6.45) is 2.08. The van der Waals surface area contributed by atoms with E-state index in [4.69, 9.17) is 5.11 Å². The molecule has 0 aliphatic heterocycles. The number of nitrogens with zero attached hydrogens (tertiary/aromatic N) is 3. The summed E-state index contributed by atoms with van der Waals surface area (Å²) in [4.78, 5) is 29.9. The Morgan fingerprint density at radius 1 is 1.28 bits per heavy atom. The van der Waals surface area contributed by atoms with Gasteiger partial charge in [-0.25, -0.2) is 4.98 Å². The van der Waals surface area contributed by atoms with Gasteiger partial charge in [0.25, 0.3) is 5.69 Å². The highest BCUT2D eigenvalue weighted by molar-refractivity contribution is 5.72. The van der Waals surface area contributed by atoms with Crippen molar-refractivity contribution in [2.75, 3.05) is 17.2 Å². The number of hydrogen-bond donors (Lipinski definition) is 3. The number of carbonyl (C=O) groups is 1. The van der Waals surface area contributed by atoms with Gasteiger partial charge in [-0.05, 0) is 12.8 Å². The SMILES string of the molecule is O=C(O)CNc1nc(NCc2ccccc2[N+](=O)[O-])cc(C2CC2)n1. The summed E-state index contributed by atoms with van der Waals surface area (Å²) in [7, 11) is 0. The molecule has 0 unspecified atom stereocenters. The number of anilines is 2. The van der Waals surface area contributed by atoms with Crippen molar-refractivity contribution in [1.82, 2.24) is 9.97 Å². The molecule has 3 N–H and O–H groups in total. The minimum Gasteiger partial charge on any atom is -0.480 e. The van der Waals surface area contributed by atoms with E-state index in [2.05, 4.69) is 20.6 Å². The van der Waals surface area contributed by atoms with Gasteiger partial charge in [-0.1, -0.05) is 18.2 Å². The zero-order valence-electron chi connectivity index (χ0n) is 13.3. The molecular weight excluding hydrogens is 326 g/mol. The Balaban J connectivity index is 1.77. The van der Waals surface area contributed by atoms with Crippen LogP contribution in [0.25, 0.3) is 0 Å². The molecule has 1 aromatic carbocycles. The topological polar surface area (TPSA) is 130 Å². The summed E-state index contributed by atoms with van der Waals surface area (Å²) in [6, 6.07) is 8.29. The molecule has 1 saturated carbocycles. The van der Waals surface area contributed by atoms with Gasteiger partial charge in [0.1, 0.15) is 12.4 Å². The lowest BCUT2D eigenvalue weighted by Crippen LogP contribution is -2.15. The van der Waals surface area contributed by atoms with Crippen LogP contribution in [0, 0.1) is 10.1 Å². The fraction of sp³-hybridized carbons (Fsp3) is 0.312. The van der Waals surface area contributed by atoms with Crippen LogP contribution in [0.1, 0.15) is 30.0 Å². The summed E-state index contributed by atoms with van der Waals surface area (Å²) in [5, 5.41) is 25.6. The average molecular weight is 343 g/mol. The molecule has 0 amide bonds.